The Labute approximate surface area is 122 Å². The van der Waals surface area contributed by atoms with E-state index < -0.39 is 0 Å². The molecule has 1 N–H and O–H groups in total. The van der Waals surface area contributed by atoms with E-state index in [4.69, 9.17) is 4.52 Å². The standard InChI is InChI=1S/C14H18N6O/c1-6-15-7-9-20(8-1)12-5-4-11(17-18-12)14-16-13(19-21-14)10-2-3-10/h4-5,10,15H,1-3,6-9H2. The molecule has 7 nitrogen and oxygen atoms in total. The number of nitrogens with zero attached hydrogens (tertiary/aromatic N) is 5. The van der Waals surface area contributed by atoms with Gasteiger partial charge in [-0.15, -0.1) is 10.2 Å². The Morgan fingerprint density at radius 1 is 1.14 bits per heavy atom. The first-order valence-corrected chi connectivity index (χ1v) is 7.53. The van der Waals surface area contributed by atoms with Gasteiger partial charge >= 0.3 is 0 Å². The van der Waals surface area contributed by atoms with Crippen molar-refractivity contribution in [3.8, 4) is 11.6 Å². The molecule has 4 rings (SSSR count). The quantitative estimate of drug-likeness (QED) is 0.908. The maximum absolute atomic E-state index is 5.27. The summed E-state index contributed by atoms with van der Waals surface area (Å²) in [5.74, 6) is 2.66. The van der Waals surface area contributed by atoms with E-state index in [2.05, 4.69) is 30.6 Å². The molecule has 0 atom stereocenters. The van der Waals surface area contributed by atoms with Gasteiger partial charge in [-0.05, 0) is 37.9 Å². The molecule has 0 spiro atoms. The fraction of sp³-hybridized carbons (Fsp3) is 0.571. The van der Waals surface area contributed by atoms with Gasteiger partial charge in [-0.2, -0.15) is 4.98 Å². The summed E-state index contributed by atoms with van der Waals surface area (Å²) in [5, 5.41) is 15.9. The fourth-order valence-electron chi connectivity index (χ4n) is 2.53. The lowest BCUT2D eigenvalue weighted by Gasteiger charge is -2.20. The first-order chi connectivity index (χ1) is 10.4. The van der Waals surface area contributed by atoms with Crippen LogP contribution in [0.1, 0.15) is 31.0 Å². The van der Waals surface area contributed by atoms with Gasteiger partial charge < -0.3 is 14.7 Å². The van der Waals surface area contributed by atoms with Crippen LogP contribution in [0.25, 0.3) is 11.6 Å². The van der Waals surface area contributed by atoms with Crippen molar-refractivity contribution in [1.82, 2.24) is 25.7 Å². The van der Waals surface area contributed by atoms with Crippen LogP contribution in [0.3, 0.4) is 0 Å². The minimum atomic E-state index is 0.466. The molecule has 7 heteroatoms. The highest BCUT2D eigenvalue weighted by atomic mass is 16.5. The number of anilines is 1. The van der Waals surface area contributed by atoms with Crippen molar-refractivity contribution in [3.05, 3.63) is 18.0 Å². The molecular formula is C14H18N6O. The third-order valence-electron chi connectivity index (χ3n) is 3.92. The van der Waals surface area contributed by atoms with Crippen LogP contribution in [-0.4, -0.2) is 46.5 Å². The maximum atomic E-state index is 5.27. The number of nitrogens with one attached hydrogen (secondary N) is 1. The number of aromatic nitrogens is 4. The van der Waals surface area contributed by atoms with Gasteiger partial charge in [0.15, 0.2) is 17.3 Å². The van der Waals surface area contributed by atoms with E-state index in [1.165, 1.54) is 0 Å². The molecule has 110 valence electrons. The Bertz CT molecular complexity index is 598. The smallest absolute Gasteiger partial charge is 0.278 e. The van der Waals surface area contributed by atoms with Gasteiger partial charge in [0, 0.05) is 25.6 Å². The topological polar surface area (TPSA) is 80.0 Å². The number of hydrogen-bond donors (Lipinski definition) is 1. The summed E-state index contributed by atoms with van der Waals surface area (Å²) in [6.07, 6.45) is 3.44. The number of rotatable bonds is 3. The molecule has 1 saturated heterocycles. The van der Waals surface area contributed by atoms with E-state index in [-0.39, 0.29) is 0 Å². The molecule has 1 aliphatic heterocycles. The lowest BCUT2D eigenvalue weighted by molar-refractivity contribution is 0.421. The van der Waals surface area contributed by atoms with E-state index in [1.807, 2.05) is 12.1 Å². The van der Waals surface area contributed by atoms with Crippen LogP contribution in [0.4, 0.5) is 5.82 Å². The monoisotopic (exact) mass is 286 g/mol. The molecule has 2 aliphatic rings. The maximum Gasteiger partial charge on any atom is 0.278 e. The lowest BCUT2D eigenvalue weighted by Crippen LogP contribution is -2.28. The van der Waals surface area contributed by atoms with E-state index >= 15 is 0 Å². The first-order valence-electron chi connectivity index (χ1n) is 7.53. The average molecular weight is 286 g/mol. The largest absolute Gasteiger partial charge is 0.354 e. The molecule has 2 aromatic heterocycles. The molecule has 3 heterocycles. The minimum absolute atomic E-state index is 0.466. The third-order valence-corrected chi connectivity index (χ3v) is 3.92. The van der Waals surface area contributed by atoms with E-state index in [9.17, 15) is 0 Å². The van der Waals surface area contributed by atoms with Gasteiger partial charge in [0.05, 0.1) is 0 Å². The molecule has 0 amide bonds. The second-order valence-corrected chi connectivity index (χ2v) is 5.60. The Morgan fingerprint density at radius 2 is 2.10 bits per heavy atom. The zero-order valence-corrected chi connectivity index (χ0v) is 11.8. The second kappa shape index (κ2) is 5.40. The second-order valence-electron chi connectivity index (χ2n) is 5.60. The van der Waals surface area contributed by atoms with Crippen molar-refractivity contribution >= 4 is 5.82 Å². The van der Waals surface area contributed by atoms with E-state index in [0.717, 1.165) is 57.1 Å². The SMILES string of the molecule is c1cc(N2CCCNCC2)nnc1-c1nc(C2CC2)no1. The van der Waals surface area contributed by atoms with Gasteiger partial charge in [0.2, 0.25) is 0 Å². The summed E-state index contributed by atoms with van der Waals surface area (Å²) >= 11 is 0. The van der Waals surface area contributed by atoms with Crippen LogP contribution >= 0.6 is 0 Å². The van der Waals surface area contributed by atoms with Crippen molar-refractivity contribution in [2.75, 3.05) is 31.1 Å². The van der Waals surface area contributed by atoms with Crippen LogP contribution in [0.5, 0.6) is 0 Å². The Balaban J connectivity index is 1.51. The van der Waals surface area contributed by atoms with Gasteiger partial charge in [-0.3, -0.25) is 0 Å². The van der Waals surface area contributed by atoms with E-state index in [0.29, 0.717) is 17.5 Å². The Hall–Kier alpha value is -2.02. The number of hydrogen-bond acceptors (Lipinski definition) is 7. The fourth-order valence-corrected chi connectivity index (χ4v) is 2.53. The highest BCUT2D eigenvalue weighted by Crippen LogP contribution is 2.38. The summed E-state index contributed by atoms with van der Waals surface area (Å²) in [7, 11) is 0. The van der Waals surface area contributed by atoms with Crippen LogP contribution < -0.4 is 10.2 Å². The predicted octanol–water partition coefficient (Wildman–Crippen LogP) is 1.20. The molecule has 2 fully saturated rings. The minimum Gasteiger partial charge on any atom is -0.354 e. The van der Waals surface area contributed by atoms with Crippen LogP contribution in [-0.2, 0) is 0 Å². The molecular weight excluding hydrogens is 268 g/mol. The summed E-state index contributed by atoms with van der Waals surface area (Å²) in [6, 6.07) is 3.89. The van der Waals surface area contributed by atoms with Crippen molar-refractivity contribution in [2.24, 2.45) is 0 Å². The summed E-state index contributed by atoms with van der Waals surface area (Å²) < 4.78 is 5.27. The molecule has 1 aliphatic carbocycles. The zero-order chi connectivity index (χ0) is 14.1. The molecule has 0 bridgehead atoms. The van der Waals surface area contributed by atoms with Gasteiger partial charge in [-0.1, -0.05) is 5.16 Å². The zero-order valence-electron chi connectivity index (χ0n) is 11.8. The molecule has 2 aromatic rings. The lowest BCUT2D eigenvalue weighted by atomic mass is 10.3. The third kappa shape index (κ3) is 2.73. The van der Waals surface area contributed by atoms with Crippen molar-refractivity contribution < 1.29 is 4.52 Å². The van der Waals surface area contributed by atoms with Crippen molar-refractivity contribution in [3.63, 3.8) is 0 Å². The molecule has 1 saturated carbocycles. The van der Waals surface area contributed by atoms with Crippen LogP contribution in [0, 0.1) is 0 Å². The molecule has 0 radical (unpaired) electrons. The summed E-state index contributed by atoms with van der Waals surface area (Å²) in [5.41, 5.74) is 0.645. The van der Waals surface area contributed by atoms with Crippen LogP contribution in [0.2, 0.25) is 0 Å². The predicted molar refractivity (Wildman–Crippen MR) is 77.0 cm³/mol. The molecule has 21 heavy (non-hydrogen) atoms. The van der Waals surface area contributed by atoms with Gasteiger partial charge in [0.25, 0.3) is 5.89 Å². The normalized spacial score (nSPS) is 19.5. The molecule has 0 unspecified atom stereocenters. The molecule has 0 aromatic carbocycles. The van der Waals surface area contributed by atoms with Crippen LogP contribution in [0.15, 0.2) is 16.7 Å². The Morgan fingerprint density at radius 3 is 2.90 bits per heavy atom. The first kappa shape index (κ1) is 12.7. The van der Waals surface area contributed by atoms with Gasteiger partial charge in [0.1, 0.15) is 0 Å². The summed E-state index contributed by atoms with van der Waals surface area (Å²) in [6.45, 7) is 4.01. The average Bonchev–Trinajstić information content (AvgIpc) is 3.31. The van der Waals surface area contributed by atoms with Crippen molar-refractivity contribution in [2.45, 2.75) is 25.2 Å². The Kier molecular flexibility index (Phi) is 3.27. The van der Waals surface area contributed by atoms with Gasteiger partial charge in [-0.25, -0.2) is 0 Å². The van der Waals surface area contributed by atoms with E-state index in [1.54, 1.807) is 0 Å². The van der Waals surface area contributed by atoms with Crippen molar-refractivity contribution in [1.29, 1.82) is 0 Å². The summed E-state index contributed by atoms with van der Waals surface area (Å²) in [4.78, 5) is 6.65. The highest BCUT2D eigenvalue weighted by molar-refractivity contribution is 5.49. The highest BCUT2D eigenvalue weighted by Gasteiger charge is 2.29.